The van der Waals surface area contributed by atoms with E-state index in [1.54, 1.807) is 12.1 Å². The van der Waals surface area contributed by atoms with Crippen molar-refractivity contribution < 1.29 is 9.18 Å². The van der Waals surface area contributed by atoms with Crippen LogP contribution >= 0.6 is 12.4 Å². The van der Waals surface area contributed by atoms with Gasteiger partial charge in [0.2, 0.25) is 5.91 Å². The lowest BCUT2D eigenvalue weighted by atomic mass is 10.1. The second-order valence-electron chi connectivity index (χ2n) is 5.16. The Morgan fingerprint density at radius 1 is 1.42 bits per heavy atom. The fourth-order valence-corrected chi connectivity index (χ4v) is 2.65. The molecule has 5 heteroatoms. The van der Waals surface area contributed by atoms with Gasteiger partial charge in [-0.25, -0.2) is 4.39 Å². The maximum Gasteiger partial charge on any atom is 0.237 e. The van der Waals surface area contributed by atoms with Gasteiger partial charge in [-0.15, -0.1) is 12.4 Å². The molecule has 0 radical (unpaired) electrons. The molecule has 1 saturated heterocycles. The van der Waals surface area contributed by atoms with Gasteiger partial charge in [0.1, 0.15) is 5.82 Å². The van der Waals surface area contributed by atoms with E-state index in [2.05, 4.69) is 10.6 Å². The van der Waals surface area contributed by atoms with E-state index in [1.165, 1.54) is 6.07 Å². The van der Waals surface area contributed by atoms with Crippen molar-refractivity contribution in [2.24, 2.45) is 0 Å². The maximum absolute atomic E-state index is 13.1. The molecule has 1 aromatic rings. The molecule has 2 aliphatic rings. The Kier molecular flexibility index (Phi) is 4.42. The van der Waals surface area contributed by atoms with E-state index < -0.39 is 0 Å². The van der Waals surface area contributed by atoms with Crippen molar-refractivity contribution in [3.63, 3.8) is 0 Å². The molecule has 2 N–H and O–H groups in total. The number of amides is 1. The molecule has 1 aliphatic carbocycles. The number of hydrogen-bond acceptors (Lipinski definition) is 2. The van der Waals surface area contributed by atoms with Crippen molar-refractivity contribution in [3.8, 4) is 0 Å². The van der Waals surface area contributed by atoms with Gasteiger partial charge in [0.15, 0.2) is 0 Å². The van der Waals surface area contributed by atoms with Crippen LogP contribution in [0.15, 0.2) is 24.3 Å². The molecule has 3 nitrogen and oxygen atoms in total. The predicted molar refractivity (Wildman–Crippen MR) is 74.0 cm³/mol. The smallest absolute Gasteiger partial charge is 0.237 e. The molecular weight excluding hydrogens is 267 g/mol. The van der Waals surface area contributed by atoms with Crippen LogP contribution in [-0.2, 0) is 4.79 Å². The van der Waals surface area contributed by atoms with Gasteiger partial charge in [-0.3, -0.25) is 4.79 Å². The number of rotatable bonds is 3. The van der Waals surface area contributed by atoms with Crippen LogP contribution in [0.5, 0.6) is 0 Å². The standard InChI is InChI=1S/C14H17FN2O.ClH/c15-10-4-1-3-9(7-10)11-8-13(11)17-14(18)12-5-2-6-16-12;/h1,3-4,7,11-13,16H,2,5-6,8H2,(H,17,18);1H. The summed E-state index contributed by atoms with van der Waals surface area (Å²) in [5.41, 5.74) is 0.986. The number of nitrogens with one attached hydrogen (secondary N) is 2. The summed E-state index contributed by atoms with van der Waals surface area (Å²) in [4.78, 5) is 11.9. The first-order chi connectivity index (χ1) is 8.74. The minimum absolute atomic E-state index is 0. The van der Waals surface area contributed by atoms with Crippen LogP contribution in [-0.4, -0.2) is 24.5 Å². The monoisotopic (exact) mass is 284 g/mol. The summed E-state index contributed by atoms with van der Waals surface area (Å²) in [6.45, 7) is 0.927. The lowest BCUT2D eigenvalue weighted by Gasteiger charge is -2.10. The summed E-state index contributed by atoms with van der Waals surface area (Å²) in [5.74, 6) is 0.171. The summed E-state index contributed by atoms with van der Waals surface area (Å²) in [5, 5.41) is 6.22. The Hall–Kier alpha value is -1.13. The molecular formula is C14H18ClFN2O. The number of hydrogen-bond donors (Lipinski definition) is 2. The molecule has 0 spiro atoms. The second kappa shape index (κ2) is 5.88. The Bertz CT molecular complexity index is 463. The van der Waals surface area contributed by atoms with Gasteiger partial charge < -0.3 is 10.6 Å². The van der Waals surface area contributed by atoms with E-state index in [1.807, 2.05) is 6.07 Å². The van der Waals surface area contributed by atoms with E-state index in [0.29, 0.717) is 0 Å². The van der Waals surface area contributed by atoms with E-state index in [4.69, 9.17) is 0 Å². The van der Waals surface area contributed by atoms with Crippen LogP contribution in [0.2, 0.25) is 0 Å². The molecule has 0 aromatic heterocycles. The molecule has 2 fully saturated rings. The highest BCUT2D eigenvalue weighted by Crippen LogP contribution is 2.40. The summed E-state index contributed by atoms with van der Waals surface area (Å²) < 4.78 is 13.1. The largest absolute Gasteiger partial charge is 0.351 e. The Morgan fingerprint density at radius 2 is 2.26 bits per heavy atom. The van der Waals surface area contributed by atoms with Crippen molar-refractivity contribution in [2.45, 2.75) is 37.3 Å². The van der Waals surface area contributed by atoms with Gasteiger partial charge in [0.25, 0.3) is 0 Å². The van der Waals surface area contributed by atoms with Crippen molar-refractivity contribution in [2.75, 3.05) is 6.54 Å². The van der Waals surface area contributed by atoms with Gasteiger partial charge in [0, 0.05) is 12.0 Å². The first-order valence-electron chi connectivity index (χ1n) is 6.53. The first kappa shape index (κ1) is 14.3. The third-order valence-corrected chi connectivity index (χ3v) is 3.77. The number of benzene rings is 1. The average Bonchev–Trinajstić information content (AvgIpc) is 2.91. The van der Waals surface area contributed by atoms with Crippen LogP contribution in [0.25, 0.3) is 0 Å². The lowest BCUT2D eigenvalue weighted by molar-refractivity contribution is -0.122. The van der Waals surface area contributed by atoms with Crippen LogP contribution in [0.3, 0.4) is 0 Å². The molecule has 1 heterocycles. The van der Waals surface area contributed by atoms with Crippen LogP contribution in [0.4, 0.5) is 4.39 Å². The van der Waals surface area contributed by atoms with Gasteiger partial charge in [-0.2, -0.15) is 0 Å². The summed E-state index contributed by atoms with van der Waals surface area (Å²) in [7, 11) is 0. The van der Waals surface area contributed by atoms with Gasteiger partial charge in [0.05, 0.1) is 6.04 Å². The normalized spacial score (nSPS) is 28.6. The van der Waals surface area contributed by atoms with E-state index in [0.717, 1.165) is 31.4 Å². The quantitative estimate of drug-likeness (QED) is 0.891. The zero-order valence-corrected chi connectivity index (χ0v) is 11.4. The highest BCUT2D eigenvalue weighted by Gasteiger charge is 2.40. The first-order valence-corrected chi connectivity index (χ1v) is 6.53. The SMILES string of the molecule is Cl.O=C(NC1CC1c1cccc(F)c1)C1CCCN1. The minimum atomic E-state index is -0.207. The molecule has 3 unspecified atom stereocenters. The Labute approximate surface area is 118 Å². The fraction of sp³-hybridized carbons (Fsp3) is 0.500. The third kappa shape index (κ3) is 3.25. The number of carbonyl (C=O) groups is 1. The number of carbonyl (C=O) groups excluding carboxylic acids is 1. The van der Waals surface area contributed by atoms with Gasteiger partial charge >= 0.3 is 0 Å². The molecule has 0 bridgehead atoms. The number of halogens is 2. The minimum Gasteiger partial charge on any atom is -0.351 e. The van der Waals surface area contributed by atoms with Crippen LogP contribution in [0, 0.1) is 5.82 Å². The van der Waals surface area contributed by atoms with Crippen LogP contribution < -0.4 is 10.6 Å². The molecule has 3 atom stereocenters. The average molecular weight is 285 g/mol. The molecule has 19 heavy (non-hydrogen) atoms. The van der Waals surface area contributed by atoms with Crippen molar-refractivity contribution in [1.82, 2.24) is 10.6 Å². The molecule has 1 saturated carbocycles. The van der Waals surface area contributed by atoms with E-state index >= 15 is 0 Å². The highest BCUT2D eigenvalue weighted by molar-refractivity contribution is 5.85. The van der Waals surface area contributed by atoms with Crippen LogP contribution in [0.1, 0.15) is 30.7 Å². The summed E-state index contributed by atoms with van der Waals surface area (Å²) in [6.07, 6.45) is 2.90. The molecule has 104 valence electrons. The Balaban J connectivity index is 0.00000133. The third-order valence-electron chi connectivity index (χ3n) is 3.77. The van der Waals surface area contributed by atoms with E-state index in [-0.39, 0.29) is 42.1 Å². The second-order valence-corrected chi connectivity index (χ2v) is 5.16. The molecule has 1 aliphatic heterocycles. The molecule has 1 amide bonds. The summed E-state index contributed by atoms with van der Waals surface area (Å²) >= 11 is 0. The molecule has 1 aromatic carbocycles. The summed E-state index contributed by atoms with van der Waals surface area (Å²) in [6, 6.07) is 6.81. The van der Waals surface area contributed by atoms with Gasteiger partial charge in [-0.1, -0.05) is 12.1 Å². The maximum atomic E-state index is 13.1. The lowest BCUT2D eigenvalue weighted by Crippen LogP contribution is -2.41. The Morgan fingerprint density at radius 3 is 2.95 bits per heavy atom. The zero-order chi connectivity index (χ0) is 12.5. The molecule has 3 rings (SSSR count). The van der Waals surface area contributed by atoms with Crippen molar-refractivity contribution >= 4 is 18.3 Å². The zero-order valence-electron chi connectivity index (χ0n) is 10.6. The van der Waals surface area contributed by atoms with E-state index in [9.17, 15) is 9.18 Å². The van der Waals surface area contributed by atoms with Crippen molar-refractivity contribution in [3.05, 3.63) is 35.6 Å². The topological polar surface area (TPSA) is 41.1 Å². The highest BCUT2D eigenvalue weighted by atomic mass is 35.5. The van der Waals surface area contributed by atoms with Gasteiger partial charge in [-0.05, 0) is 43.5 Å². The fourth-order valence-electron chi connectivity index (χ4n) is 2.65. The predicted octanol–water partition coefficient (Wildman–Crippen LogP) is 1.97. The van der Waals surface area contributed by atoms with Crippen molar-refractivity contribution in [1.29, 1.82) is 0 Å².